The van der Waals surface area contributed by atoms with Crippen molar-refractivity contribution in [3.05, 3.63) is 34.6 Å². The first-order valence-electron chi connectivity index (χ1n) is 5.12. The molecule has 76 valence electrons. The summed E-state index contributed by atoms with van der Waals surface area (Å²) >= 11 is 0. The van der Waals surface area contributed by atoms with Gasteiger partial charge in [0.15, 0.2) is 0 Å². The standard InChI is InChI=1S/C12H16FN/c1-7-5-8(2)11(10(13)6-7)12(14)9-3-4-9/h5-6,9,12H,3-4,14H2,1-2H3. The molecule has 2 rings (SSSR count). The maximum Gasteiger partial charge on any atom is 0.128 e. The monoisotopic (exact) mass is 193 g/mol. The molecule has 0 heterocycles. The van der Waals surface area contributed by atoms with Crippen LogP contribution >= 0.6 is 0 Å². The zero-order valence-corrected chi connectivity index (χ0v) is 8.68. The van der Waals surface area contributed by atoms with Gasteiger partial charge in [-0.2, -0.15) is 0 Å². The molecule has 1 aromatic carbocycles. The summed E-state index contributed by atoms with van der Waals surface area (Å²) in [5, 5.41) is 0. The minimum absolute atomic E-state index is 0.101. The molecule has 2 N–H and O–H groups in total. The maximum absolute atomic E-state index is 13.7. The predicted molar refractivity (Wildman–Crippen MR) is 55.5 cm³/mol. The Morgan fingerprint density at radius 3 is 2.50 bits per heavy atom. The summed E-state index contributed by atoms with van der Waals surface area (Å²) < 4.78 is 13.7. The topological polar surface area (TPSA) is 26.0 Å². The highest BCUT2D eigenvalue weighted by molar-refractivity contribution is 5.35. The van der Waals surface area contributed by atoms with Crippen molar-refractivity contribution < 1.29 is 4.39 Å². The third-order valence-corrected chi connectivity index (χ3v) is 2.94. The quantitative estimate of drug-likeness (QED) is 0.768. The van der Waals surface area contributed by atoms with Gasteiger partial charge in [-0.25, -0.2) is 4.39 Å². The molecule has 0 bridgehead atoms. The fourth-order valence-corrected chi connectivity index (χ4v) is 2.04. The van der Waals surface area contributed by atoms with Gasteiger partial charge in [0.25, 0.3) is 0 Å². The van der Waals surface area contributed by atoms with Crippen molar-refractivity contribution >= 4 is 0 Å². The van der Waals surface area contributed by atoms with Gasteiger partial charge in [-0.3, -0.25) is 0 Å². The van der Waals surface area contributed by atoms with Gasteiger partial charge in [0.05, 0.1) is 0 Å². The van der Waals surface area contributed by atoms with Gasteiger partial charge in [-0.1, -0.05) is 6.07 Å². The number of rotatable bonds is 2. The molecule has 0 radical (unpaired) electrons. The Hall–Kier alpha value is -0.890. The van der Waals surface area contributed by atoms with E-state index < -0.39 is 0 Å². The molecule has 1 aliphatic rings. The van der Waals surface area contributed by atoms with Crippen molar-refractivity contribution in [2.24, 2.45) is 11.7 Å². The summed E-state index contributed by atoms with van der Waals surface area (Å²) in [6, 6.07) is 3.47. The summed E-state index contributed by atoms with van der Waals surface area (Å²) in [4.78, 5) is 0. The van der Waals surface area contributed by atoms with E-state index in [-0.39, 0.29) is 11.9 Å². The number of nitrogens with two attached hydrogens (primary N) is 1. The van der Waals surface area contributed by atoms with E-state index in [0.29, 0.717) is 5.92 Å². The lowest BCUT2D eigenvalue weighted by Crippen LogP contribution is -2.16. The van der Waals surface area contributed by atoms with Crippen LogP contribution in [0.15, 0.2) is 12.1 Å². The van der Waals surface area contributed by atoms with E-state index >= 15 is 0 Å². The van der Waals surface area contributed by atoms with Gasteiger partial charge in [0.2, 0.25) is 0 Å². The van der Waals surface area contributed by atoms with Gasteiger partial charge >= 0.3 is 0 Å². The normalized spacial score (nSPS) is 18.3. The van der Waals surface area contributed by atoms with E-state index in [1.165, 1.54) is 0 Å². The maximum atomic E-state index is 13.7. The van der Waals surface area contributed by atoms with Gasteiger partial charge in [-0.15, -0.1) is 0 Å². The van der Waals surface area contributed by atoms with Crippen molar-refractivity contribution in [3.63, 3.8) is 0 Å². The van der Waals surface area contributed by atoms with Gasteiger partial charge in [0, 0.05) is 11.6 Å². The average Bonchev–Trinajstić information content (AvgIpc) is 2.83. The Morgan fingerprint density at radius 2 is 2.00 bits per heavy atom. The molecule has 1 fully saturated rings. The number of hydrogen-bond donors (Lipinski definition) is 1. The zero-order chi connectivity index (χ0) is 10.3. The van der Waals surface area contributed by atoms with Crippen LogP contribution in [-0.2, 0) is 0 Å². The molecule has 1 unspecified atom stereocenters. The predicted octanol–water partition coefficient (Wildman–Crippen LogP) is 2.85. The molecule has 0 amide bonds. The van der Waals surface area contributed by atoms with E-state index in [0.717, 1.165) is 29.5 Å². The van der Waals surface area contributed by atoms with Crippen LogP contribution in [0.3, 0.4) is 0 Å². The van der Waals surface area contributed by atoms with Crippen LogP contribution in [0, 0.1) is 25.6 Å². The molecule has 1 nitrogen and oxygen atoms in total. The first-order chi connectivity index (χ1) is 6.59. The van der Waals surface area contributed by atoms with E-state index in [1.54, 1.807) is 6.07 Å². The first-order valence-corrected chi connectivity index (χ1v) is 5.12. The number of hydrogen-bond acceptors (Lipinski definition) is 1. The highest BCUT2D eigenvalue weighted by atomic mass is 19.1. The molecule has 1 atom stereocenters. The molecule has 2 heteroatoms. The average molecular weight is 193 g/mol. The number of halogens is 1. The molecule has 0 aromatic heterocycles. The van der Waals surface area contributed by atoms with Crippen molar-refractivity contribution in [2.75, 3.05) is 0 Å². The van der Waals surface area contributed by atoms with Crippen LogP contribution in [0.5, 0.6) is 0 Å². The van der Waals surface area contributed by atoms with Crippen LogP contribution in [0.25, 0.3) is 0 Å². The van der Waals surface area contributed by atoms with Crippen LogP contribution in [-0.4, -0.2) is 0 Å². The highest BCUT2D eigenvalue weighted by Gasteiger charge is 2.31. The van der Waals surface area contributed by atoms with Gasteiger partial charge < -0.3 is 5.73 Å². The van der Waals surface area contributed by atoms with E-state index in [2.05, 4.69) is 0 Å². The van der Waals surface area contributed by atoms with Gasteiger partial charge in [-0.05, 0) is 49.8 Å². The Balaban J connectivity index is 2.40. The first kappa shape index (κ1) is 9.66. The molecular formula is C12H16FN. The molecule has 0 saturated heterocycles. The van der Waals surface area contributed by atoms with Crippen LogP contribution in [0.1, 0.15) is 35.6 Å². The Kier molecular flexibility index (Phi) is 2.31. The number of benzene rings is 1. The van der Waals surface area contributed by atoms with Crippen molar-refractivity contribution in [1.29, 1.82) is 0 Å². The molecular weight excluding hydrogens is 177 g/mol. The van der Waals surface area contributed by atoms with Crippen LogP contribution in [0.4, 0.5) is 4.39 Å². The second-order valence-corrected chi connectivity index (χ2v) is 4.34. The smallest absolute Gasteiger partial charge is 0.128 e. The highest BCUT2D eigenvalue weighted by Crippen LogP contribution is 2.41. The van der Waals surface area contributed by atoms with Crippen molar-refractivity contribution in [3.8, 4) is 0 Å². The summed E-state index contributed by atoms with van der Waals surface area (Å²) in [7, 11) is 0. The third-order valence-electron chi connectivity index (χ3n) is 2.94. The molecule has 14 heavy (non-hydrogen) atoms. The number of aryl methyl sites for hydroxylation is 2. The fourth-order valence-electron chi connectivity index (χ4n) is 2.04. The molecule has 1 aromatic rings. The van der Waals surface area contributed by atoms with Gasteiger partial charge in [0.1, 0.15) is 5.82 Å². The minimum atomic E-state index is -0.137. The van der Waals surface area contributed by atoms with Crippen LogP contribution in [0.2, 0.25) is 0 Å². The lowest BCUT2D eigenvalue weighted by Gasteiger charge is -2.15. The van der Waals surface area contributed by atoms with Crippen LogP contribution < -0.4 is 5.73 Å². The fraction of sp³-hybridized carbons (Fsp3) is 0.500. The molecule has 0 aliphatic heterocycles. The van der Waals surface area contributed by atoms with E-state index in [4.69, 9.17) is 5.73 Å². The summed E-state index contributed by atoms with van der Waals surface area (Å²) in [5.74, 6) is 0.368. The SMILES string of the molecule is Cc1cc(C)c(C(N)C2CC2)c(F)c1. The van der Waals surface area contributed by atoms with Crippen molar-refractivity contribution in [1.82, 2.24) is 0 Å². The largest absolute Gasteiger partial charge is 0.324 e. The lowest BCUT2D eigenvalue weighted by atomic mass is 9.96. The lowest BCUT2D eigenvalue weighted by molar-refractivity contribution is 0.549. The van der Waals surface area contributed by atoms with Crippen molar-refractivity contribution in [2.45, 2.75) is 32.7 Å². The third kappa shape index (κ3) is 1.67. The summed E-state index contributed by atoms with van der Waals surface area (Å²) in [6.45, 7) is 3.84. The van der Waals surface area contributed by atoms with E-state index in [1.807, 2.05) is 19.9 Å². The summed E-state index contributed by atoms with van der Waals surface area (Å²) in [6.07, 6.45) is 2.29. The molecule has 1 aliphatic carbocycles. The molecule has 1 saturated carbocycles. The zero-order valence-electron chi connectivity index (χ0n) is 8.68. The second kappa shape index (κ2) is 3.35. The Labute approximate surface area is 84.1 Å². The molecule has 0 spiro atoms. The van der Waals surface area contributed by atoms with E-state index in [9.17, 15) is 4.39 Å². The Morgan fingerprint density at radius 1 is 1.36 bits per heavy atom. The summed E-state index contributed by atoms with van der Waals surface area (Å²) in [5.41, 5.74) is 8.68. The second-order valence-electron chi connectivity index (χ2n) is 4.34. The Bertz CT molecular complexity index is 332. The minimum Gasteiger partial charge on any atom is -0.324 e.